The second-order valence-corrected chi connectivity index (χ2v) is 6.57. The van der Waals surface area contributed by atoms with Crippen LogP contribution in [0, 0.1) is 6.92 Å². The van der Waals surface area contributed by atoms with Crippen molar-refractivity contribution in [3.05, 3.63) is 47.7 Å². The molecule has 3 heterocycles. The van der Waals surface area contributed by atoms with Crippen molar-refractivity contribution >= 4 is 22.7 Å². The van der Waals surface area contributed by atoms with Gasteiger partial charge in [0.1, 0.15) is 0 Å². The summed E-state index contributed by atoms with van der Waals surface area (Å²) in [5.41, 5.74) is 9.86. The first-order valence-corrected chi connectivity index (χ1v) is 8.69. The van der Waals surface area contributed by atoms with E-state index in [-0.39, 0.29) is 11.7 Å². The van der Waals surface area contributed by atoms with Crippen LogP contribution in [0.1, 0.15) is 35.4 Å². The summed E-state index contributed by atoms with van der Waals surface area (Å²) in [7, 11) is 0. The molecule has 0 radical (unpaired) electrons. The van der Waals surface area contributed by atoms with E-state index in [9.17, 15) is 4.79 Å². The average molecular weight is 335 g/mol. The van der Waals surface area contributed by atoms with Crippen molar-refractivity contribution in [2.75, 3.05) is 18.8 Å². The molecule has 0 aliphatic carbocycles. The maximum atomic E-state index is 12.8. The Labute approximate surface area is 146 Å². The van der Waals surface area contributed by atoms with Crippen LogP contribution in [-0.4, -0.2) is 28.9 Å². The van der Waals surface area contributed by atoms with Gasteiger partial charge in [0, 0.05) is 18.7 Å². The lowest BCUT2D eigenvalue weighted by Gasteiger charge is -2.25. The van der Waals surface area contributed by atoms with Crippen molar-refractivity contribution < 1.29 is 9.21 Å². The summed E-state index contributed by atoms with van der Waals surface area (Å²) in [4.78, 5) is 19.2. The van der Waals surface area contributed by atoms with E-state index in [0.717, 1.165) is 48.1 Å². The molecule has 1 aromatic carbocycles. The summed E-state index contributed by atoms with van der Waals surface area (Å²) in [6.45, 7) is 3.49. The summed E-state index contributed by atoms with van der Waals surface area (Å²) in [5.74, 6) is 0.0913. The summed E-state index contributed by atoms with van der Waals surface area (Å²) in [6.07, 6.45) is 3.23. The fourth-order valence-electron chi connectivity index (χ4n) is 3.47. The molecular weight excluding hydrogens is 314 g/mol. The van der Waals surface area contributed by atoms with Gasteiger partial charge in [-0.3, -0.25) is 4.79 Å². The summed E-state index contributed by atoms with van der Waals surface area (Å²) < 4.78 is 5.83. The standard InChI is InChI=1S/C20H21N3O2/c1-13-12-15(14-8-4-2-5-9-14)22-19-16(13)17(21)18(25-19)20(24)23-10-6-3-7-11-23/h2,4-5,8-9,12H,3,6-7,10-11,21H2,1H3. The third-order valence-corrected chi connectivity index (χ3v) is 4.80. The number of fused-ring (bicyclic) bond motifs is 1. The van der Waals surface area contributed by atoms with Gasteiger partial charge in [0.25, 0.3) is 5.91 Å². The van der Waals surface area contributed by atoms with Crippen LogP contribution in [0.2, 0.25) is 0 Å². The molecule has 0 atom stereocenters. The Morgan fingerprint density at radius 3 is 2.60 bits per heavy atom. The highest BCUT2D eigenvalue weighted by molar-refractivity contribution is 6.06. The van der Waals surface area contributed by atoms with Gasteiger partial charge in [-0.05, 0) is 37.8 Å². The number of hydrogen-bond donors (Lipinski definition) is 1. The predicted molar refractivity (Wildman–Crippen MR) is 98.3 cm³/mol. The summed E-state index contributed by atoms with van der Waals surface area (Å²) in [6, 6.07) is 11.9. The number of nitrogens with zero attached hydrogens (tertiary/aromatic N) is 2. The zero-order chi connectivity index (χ0) is 17.4. The molecule has 1 amide bonds. The van der Waals surface area contributed by atoms with Crippen molar-refractivity contribution in [2.24, 2.45) is 0 Å². The number of benzene rings is 1. The van der Waals surface area contributed by atoms with Crippen molar-refractivity contribution in [2.45, 2.75) is 26.2 Å². The number of pyridine rings is 1. The summed E-state index contributed by atoms with van der Waals surface area (Å²) >= 11 is 0. The average Bonchev–Trinajstić information content (AvgIpc) is 2.99. The highest BCUT2D eigenvalue weighted by Gasteiger charge is 2.26. The highest BCUT2D eigenvalue weighted by Crippen LogP contribution is 2.33. The van der Waals surface area contributed by atoms with E-state index in [0.29, 0.717) is 11.4 Å². The SMILES string of the molecule is Cc1cc(-c2ccccc2)nc2oc(C(=O)N3CCCCC3)c(N)c12. The van der Waals surface area contributed by atoms with Crippen LogP contribution in [0.15, 0.2) is 40.8 Å². The second kappa shape index (κ2) is 6.24. The first-order valence-electron chi connectivity index (χ1n) is 8.69. The number of anilines is 1. The number of furan rings is 1. The van der Waals surface area contributed by atoms with E-state index in [1.54, 1.807) is 0 Å². The zero-order valence-corrected chi connectivity index (χ0v) is 14.3. The Balaban J connectivity index is 1.79. The summed E-state index contributed by atoms with van der Waals surface area (Å²) in [5, 5.41) is 0.736. The van der Waals surface area contributed by atoms with Crippen molar-refractivity contribution in [3.8, 4) is 11.3 Å². The van der Waals surface area contributed by atoms with Crippen LogP contribution >= 0.6 is 0 Å². The van der Waals surface area contributed by atoms with Crippen LogP contribution in [0.25, 0.3) is 22.4 Å². The van der Waals surface area contributed by atoms with Crippen LogP contribution in [0.4, 0.5) is 5.69 Å². The maximum absolute atomic E-state index is 12.8. The lowest BCUT2D eigenvalue weighted by molar-refractivity contribution is 0.0695. The largest absolute Gasteiger partial charge is 0.430 e. The number of aromatic nitrogens is 1. The van der Waals surface area contributed by atoms with E-state index in [2.05, 4.69) is 4.98 Å². The van der Waals surface area contributed by atoms with Gasteiger partial charge in [-0.1, -0.05) is 30.3 Å². The molecule has 0 saturated carbocycles. The number of amides is 1. The monoisotopic (exact) mass is 335 g/mol. The van der Waals surface area contributed by atoms with Crippen LogP contribution < -0.4 is 5.73 Å². The number of carbonyl (C=O) groups is 1. The number of likely N-dealkylation sites (tertiary alicyclic amines) is 1. The molecule has 1 aliphatic rings. The molecule has 2 aromatic heterocycles. The normalized spacial score (nSPS) is 14.8. The number of rotatable bonds is 2. The highest BCUT2D eigenvalue weighted by atomic mass is 16.4. The fraction of sp³-hybridized carbons (Fsp3) is 0.300. The molecular formula is C20H21N3O2. The Morgan fingerprint density at radius 1 is 1.16 bits per heavy atom. The van der Waals surface area contributed by atoms with Crippen molar-refractivity contribution in [1.82, 2.24) is 9.88 Å². The fourth-order valence-corrected chi connectivity index (χ4v) is 3.47. The lowest BCUT2D eigenvalue weighted by atomic mass is 10.1. The van der Waals surface area contributed by atoms with Gasteiger partial charge in [0.15, 0.2) is 0 Å². The van der Waals surface area contributed by atoms with E-state index in [1.165, 1.54) is 6.42 Å². The number of hydrogen-bond acceptors (Lipinski definition) is 4. The molecule has 1 aliphatic heterocycles. The smallest absolute Gasteiger partial charge is 0.291 e. The minimum absolute atomic E-state index is 0.129. The van der Waals surface area contributed by atoms with Gasteiger partial charge >= 0.3 is 0 Å². The van der Waals surface area contributed by atoms with Crippen molar-refractivity contribution in [3.63, 3.8) is 0 Å². The van der Waals surface area contributed by atoms with Crippen LogP contribution in [0.5, 0.6) is 0 Å². The van der Waals surface area contributed by atoms with Crippen LogP contribution in [0.3, 0.4) is 0 Å². The topological polar surface area (TPSA) is 72.4 Å². The third kappa shape index (κ3) is 2.76. The van der Waals surface area contributed by atoms with E-state index >= 15 is 0 Å². The molecule has 5 heteroatoms. The number of piperidine rings is 1. The molecule has 1 saturated heterocycles. The molecule has 5 nitrogen and oxygen atoms in total. The maximum Gasteiger partial charge on any atom is 0.291 e. The Hall–Kier alpha value is -2.82. The minimum atomic E-state index is -0.129. The molecule has 0 unspecified atom stereocenters. The van der Waals surface area contributed by atoms with Gasteiger partial charge in [0.2, 0.25) is 11.5 Å². The van der Waals surface area contributed by atoms with Crippen molar-refractivity contribution in [1.29, 1.82) is 0 Å². The van der Waals surface area contributed by atoms with E-state index in [1.807, 2.05) is 48.2 Å². The zero-order valence-electron chi connectivity index (χ0n) is 14.3. The van der Waals surface area contributed by atoms with Gasteiger partial charge in [-0.2, -0.15) is 0 Å². The van der Waals surface area contributed by atoms with E-state index < -0.39 is 0 Å². The Kier molecular flexibility index (Phi) is 3.92. The molecule has 2 N–H and O–H groups in total. The first-order chi connectivity index (χ1) is 12.1. The van der Waals surface area contributed by atoms with Gasteiger partial charge in [-0.25, -0.2) is 4.98 Å². The number of aryl methyl sites for hydroxylation is 1. The first kappa shape index (κ1) is 15.7. The molecule has 0 spiro atoms. The Morgan fingerprint density at radius 2 is 1.88 bits per heavy atom. The van der Waals surface area contributed by atoms with Crippen LogP contribution in [-0.2, 0) is 0 Å². The number of nitrogen functional groups attached to an aromatic ring is 1. The molecule has 25 heavy (non-hydrogen) atoms. The molecule has 0 bridgehead atoms. The molecule has 1 fully saturated rings. The van der Waals surface area contributed by atoms with Gasteiger partial charge < -0.3 is 15.1 Å². The second-order valence-electron chi connectivity index (χ2n) is 6.57. The number of carbonyl (C=O) groups excluding carboxylic acids is 1. The lowest BCUT2D eigenvalue weighted by Crippen LogP contribution is -2.35. The van der Waals surface area contributed by atoms with Gasteiger partial charge in [0.05, 0.1) is 16.8 Å². The molecule has 4 rings (SSSR count). The third-order valence-electron chi connectivity index (χ3n) is 4.80. The predicted octanol–water partition coefficient (Wildman–Crippen LogP) is 4.01. The number of nitrogens with two attached hydrogens (primary N) is 1. The molecule has 3 aromatic rings. The van der Waals surface area contributed by atoms with Gasteiger partial charge in [-0.15, -0.1) is 0 Å². The molecule has 128 valence electrons. The quantitative estimate of drug-likeness (QED) is 0.768. The van der Waals surface area contributed by atoms with E-state index in [4.69, 9.17) is 10.2 Å². The Bertz CT molecular complexity index is 925. The minimum Gasteiger partial charge on any atom is -0.430 e.